The van der Waals surface area contributed by atoms with Crippen molar-refractivity contribution in [3.8, 4) is 39.9 Å². The third-order valence-corrected chi connectivity index (χ3v) is 4.52. The highest BCUT2D eigenvalue weighted by atomic mass is 16.5. The molecule has 0 fully saturated rings. The molecule has 0 unspecified atom stereocenters. The van der Waals surface area contributed by atoms with Crippen LogP contribution in [0, 0.1) is 6.92 Å². The van der Waals surface area contributed by atoms with E-state index in [1.165, 1.54) is 25.8 Å². The Labute approximate surface area is 165 Å². The molecule has 0 atom stereocenters. The predicted octanol–water partition coefficient (Wildman–Crippen LogP) is 2.48. The van der Waals surface area contributed by atoms with Crippen molar-refractivity contribution in [1.82, 2.24) is 24.8 Å². The molecule has 0 spiro atoms. The van der Waals surface area contributed by atoms with Crippen LogP contribution in [0.4, 0.5) is 0 Å². The fraction of sp³-hybridized carbons (Fsp3) is 0.200. The van der Waals surface area contributed by atoms with Gasteiger partial charge in [0.2, 0.25) is 11.5 Å². The molecule has 2 aromatic heterocycles. The van der Waals surface area contributed by atoms with E-state index in [1.54, 1.807) is 12.1 Å². The van der Waals surface area contributed by atoms with E-state index in [0.29, 0.717) is 34.2 Å². The molecule has 2 aromatic carbocycles. The van der Waals surface area contributed by atoms with Gasteiger partial charge in [0.15, 0.2) is 23.0 Å². The van der Waals surface area contributed by atoms with E-state index in [4.69, 9.17) is 14.2 Å². The molecule has 148 valence electrons. The van der Waals surface area contributed by atoms with E-state index in [0.717, 1.165) is 5.56 Å². The Hall–Kier alpha value is -3.88. The van der Waals surface area contributed by atoms with Crippen LogP contribution < -0.4 is 19.8 Å². The first-order valence-corrected chi connectivity index (χ1v) is 8.78. The van der Waals surface area contributed by atoms with E-state index < -0.39 is 5.56 Å². The normalized spacial score (nSPS) is 10.9. The number of hydrogen-bond donors (Lipinski definition) is 1. The van der Waals surface area contributed by atoms with Gasteiger partial charge in [-0.05, 0) is 19.1 Å². The van der Waals surface area contributed by atoms with Crippen LogP contribution in [0.2, 0.25) is 0 Å². The number of nitrogens with zero attached hydrogens (tertiary/aromatic N) is 4. The van der Waals surface area contributed by atoms with Gasteiger partial charge < -0.3 is 14.2 Å². The van der Waals surface area contributed by atoms with Crippen LogP contribution in [-0.4, -0.2) is 46.1 Å². The molecule has 29 heavy (non-hydrogen) atoms. The maximum atomic E-state index is 12.5. The highest BCUT2D eigenvalue weighted by molar-refractivity contribution is 5.68. The molecular weight excluding hydrogens is 374 g/mol. The minimum absolute atomic E-state index is 0.231. The highest BCUT2D eigenvalue weighted by Crippen LogP contribution is 2.40. The largest absolute Gasteiger partial charge is 0.493 e. The molecule has 0 bridgehead atoms. The topological polar surface area (TPSA) is 104 Å². The number of H-pyrrole nitrogens is 1. The van der Waals surface area contributed by atoms with Crippen molar-refractivity contribution >= 4 is 5.78 Å². The lowest BCUT2D eigenvalue weighted by molar-refractivity contribution is 0.324. The highest BCUT2D eigenvalue weighted by Gasteiger charge is 2.19. The van der Waals surface area contributed by atoms with Gasteiger partial charge in [-0.1, -0.05) is 29.8 Å². The van der Waals surface area contributed by atoms with Gasteiger partial charge in [0, 0.05) is 11.1 Å². The van der Waals surface area contributed by atoms with Crippen LogP contribution >= 0.6 is 0 Å². The summed E-state index contributed by atoms with van der Waals surface area (Å²) in [4.78, 5) is 16.5. The molecular formula is C20H19N5O4. The second-order valence-corrected chi connectivity index (χ2v) is 6.33. The van der Waals surface area contributed by atoms with Gasteiger partial charge >= 0.3 is 5.56 Å². The number of fused-ring (bicyclic) bond motifs is 1. The van der Waals surface area contributed by atoms with E-state index in [2.05, 4.69) is 20.3 Å². The van der Waals surface area contributed by atoms with Crippen LogP contribution in [0.15, 0.2) is 41.2 Å². The first-order valence-electron chi connectivity index (χ1n) is 8.78. The molecule has 2 heterocycles. The summed E-state index contributed by atoms with van der Waals surface area (Å²) in [6.07, 6.45) is 0. The van der Waals surface area contributed by atoms with Gasteiger partial charge in [-0.25, -0.2) is 5.10 Å². The van der Waals surface area contributed by atoms with Crippen molar-refractivity contribution in [3.05, 3.63) is 52.3 Å². The van der Waals surface area contributed by atoms with Crippen LogP contribution in [0.25, 0.3) is 28.4 Å². The number of aromatic amines is 1. The maximum absolute atomic E-state index is 12.5. The summed E-state index contributed by atoms with van der Waals surface area (Å²) in [5, 5.41) is 11.5. The summed E-state index contributed by atoms with van der Waals surface area (Å²) in [5.74, 6) is 2.10. The van der Waals surface area contributed by atoms with Gasteiger partial charge in [0.25, 0.3) is 0 Å². The zero-order valence-electron chi connectivity index (χ0n) is 16.4. The molecule has 0 saturated carbocycles. The first kappa shape index (κ1) is 18.5. The Balaban J connectivity index is 1.93. The lowest BCUT2D eigenvalue weighted by atomic mass is 10.1. The second-order valence-electron chi connectivity index (χ2n) is 6.33. The number of benzene rings is 2. The molecule has 1 N–H and O–H groups in total. The third kappa shape index (κ3) is 3.16. The Morgan fingerprint density at radius 2 is 1.59 bits per heavy atom. The SMILES string of the molecule is COc1cc(-c2n[nH]c3nc(=O)c(-c4ccc(C)cc4)nn23)cc(OC)c1OC. The Morgan fingerprint density at radius 3 is 2.17 bits per heavy atom. The van der Waals surface area contributed by atoms with Gasteiger partial charge in [0.05, 0.1) is 21.3 Å². The van der Waals surface area contributed by atoms with Crippen molar-refractivity contribution in [2.24, 2.45) is 0 Å². The van der Waals surface area contributed by atoms with Crippen molar-refractivity contribution in [1.29, 1.82) is 0 Å². The molecule has 4 aromatic rings. The average molecular weight is 393 g/mol. The summed E-state index contributed by atoms with van der Waals surface area (Å²) < 4.78 is 17.7. The molecule has 4 rings (SSSR count). The van der Waals surface area contributed by atoms with E-state index in [-0.39, 0.29) is 11.5 Å². The van der Waals surface area contributed by atoms with Gasteiger partial charge in [0.1, 0.15) is 0 Å². The predicted molar refractivity (Wildman–Crippen MR) is 107 cm³/mol. The first-order chi connectivity index (χ1) is 14.0. The van der Waals surface area contributed by atoms with Crippen LogP contribution in [0.5, 0.6) is 17.2 Å². The Morgan fingerprint density at radius 1 is 0.931 bits per heavy atom. The van der Waals surface area contributed by atoms with E-state index in [1.807, 2.05) is 31.2 Å². The number of hydrogen-bond acceptors (Lipinski definition) is 7. The van der Waals surface area contributed by atoms with Crippen molar-refractivity contribution in [2.45, 2.75) is 6.92 Å². The molecule has 0 saturated heterocycles. The minimum atomic E-state index is -0.436. The molecule has 0 radical (unpaired) electrons. The number of ether oxygens (including phenoxy) is 3. The quantitative estimate of drug-likeness (QED) is 0.555. The van der Waals surface area contributed by atoms with Crippen LogP contribution in [-0.2, 0) is 0 Å². The molecule has 0 aliphatic rings. The van der Waals surface area contributed by atoms with Gasteiger partial charge in [-0.2, -0.15) is 19.7 Å². The zero-order chi connectivity index (χ0) is 20.5. The number of aromatic nitrogens is 5. The Kier molecular flexibility index (Phi) is 4.63. The molecule has 0 aliphatic heterocycles. The summed E-state index contributed by atoms with van der Waals surface area (Å²) in [6.45, 7) is 1.98. The molecule has 9 heteroatoms. The molecule has 9 nitrogen and oxygen atoms in total. The maximum Gasteiger partial charge on any atom is 0.301 e. The lowest BCUT2D eigenvalue weighted by Crippen LogP contribution is -2.15. The number of methoxy groups -OCH3 is 3. The summed E-state index contributed by atoms with van der Waals surface area (Å²) in [6, 6.07) is 11.0. The van der Waals surface area contributed by atoms with Crippen molar-refractivity contribution in [3.63, 3.8) is 0 Å². The second kappa shape index (κ2) is 7.27. The van der Waals surface area contributed by atoms with Gasteiger partial charge in [-0.15, -0.1) is 0 Å². The summed E-state index contributed by atoms with van der Waals surface area (Å²) in [7, 11) is 4.61. The van der Waals surface area contributed by atoms with Gasteiger partial charge in [-0.3, -0.25) is 4.79 Å². The smallest absolute Gasteiger partial charge is 0.301 e. The molecule has 0 aliphatic carbocycles. The van der Waals surface area contributed by atoms with Crippen LogP contribution in [0.3, 0.4) is 0 Å². The third-order valence-electron chi connectivity index (χ3n) is 4.52. The fourth-order valence-corrected chi connectivity index (χ4v) is 3.05. The molecule has 0 amide bonds. The van der Waals surface area contributed by atoms with E-state index >= 15 is 0 Å². The van der Waals surface area contributed by atoms with Crippen molar-refractivity contribution < 1.29 is 14.2 Å². The number of aryl methyl sites for hydroxylation is 1. The van der Waals surface area contributed by atoms with E-state index in [9.17, 15) is 4.79 Å². The minimum Gasteiger partial charge on any atom is -0.493 e. The standard InChI is InChI=1S/C20H19N5O4/c1-11-5-7-12(8-6-11)16-19(26)21-20-23-22-18(25(20)24-16)13-9-14(27-2)17(29-4)15(10-13)28-3/h5-10H,1-4H3,(H,21,23,26). The number of rotatable bonds is 5. The average Bonchev–Trinajstić information content (AvgIpc) is 3.15. The van der Waals surface area contributed by atoms with Crippen LogP contribution in [0.1, 0.15) is 5.56 Å². The fourth-order valence-electron chi connectivity index (χ4n) is 3.05. The summed E-state index contributed by atoms with van der Waals surface area (Å²) >= 11 is 0. The van der Waals surface area contributed by atoms with Crippen molar-refractivity contribution in [2.75, 3.05) is 21.3 Å². The Bertz CT molecular complexity index is 1220. The zero-order valence-corrected chi connectivity index (χ0v) is 16.4. The lowest BCUT2D eigenvalue weighted by Gasteiger charge is -2.13. The summed E-state index contributed by atoms with van der Waals surface area (Å²) in [5.41, 5.74) is 2.22. The monoisotopic (exact) mass is 393 g/mol. The number of nitrogens with one attached hydrogen (secondary N) is 1.